The van der Waals surface area contributed by atoms with Gasteiger partial charge in [-0.2, -0.15) is 0 Å². The van der Waals surface area contributed by atoms with Crippen molar-refractivity contribution in [3.05, 3.63) is 58.7 Å². The van der Waals surface area contributed by atoms with E-state index in [0.29, 0.717) is 39.4 Å². The molecule has 2 heterocycles. The number of nitrogens with zero attached hydrogens (tertiary/aromatic N) is 2. The van der Waals surface area contributed by atoms with Crippen molar-refractivity contribution in [1.82, 2.24) is 9.97 Å². The molecule has 8 heteroatoms. The molecule has 1 N–H and O–H groups in total. The summed E-state index contributed by atoms with van der Waals surface area (Å²) < 4.78 is 5.69. The Kier molecular flexibility index (Phi) is 6.19. The molecule has 0 aliphatic rings. The van der Waals surface area contributed by atoms with Crippen LogP contribution in [0.5, 0.6) is 0 Å². The Bertz CT molecular complexity index is 913. The summed E-state index contributed by atoms with van der Waals surface area (Å²) in [7, 11) is 0. The lowest BCUT2D eigenvalue weighted by molar-refractivity contribution is -0.116. The predicted molar refractivity (Wildman–Crippen MR) is 105 cm³/mol. The second kappa shape index (κ2) is 8.58. The molecule has 134 valence electrons. The Hall–Kier alpha value is -2.02. The van der Waals surface area contributed by atoms with Gasteiger partial charge in [0.2, 0.25) is 5.91 Å². The van der Waals surface area contributed by atoms with Gasteiger partial charge < -0.3 is 9.73 Å². The van der Waals surface area contributed by atoms with Crippen LogP contribution in [-0.4, -0.2) is 22.1 Å². The summed E-state index contributed by atoms with van der Waals surface area (Å²) >= 11 is 13.6. The van der Waals surface area contributed by atoms with Crippen molar-refractivity contribution < 1.29 is 9.21 Å². The zero-order valence-corrected chi connectivity index (χ0v) is 16.2. The number of hydrogen-bond donors (Lipinski definition) is 1. The van der Waals surface area contributed by atoms with E-state index in [1.807, 2.05) is 18.4 Å². The summed E-state index contributed by atoms with van der Waals surface area (Å²) in [5, 5.41) is 4.74. The Morgan fingerprint density at radius 3 is 2.73 bits per heavy atom. The van der Waals surface area contributed by atoms with Crippen LogP contribution >= 0.6 is 35.0 Å². The summed E-state index contributed by atoms with van der Waals surface area (Å²) in [5.74, 6) is 0.879. The lowest BCUT2D eigenvalue weighted by Crippen LogP contribution is -2.12. The summed E-state index contributed by atoms with van der Waals surface area (Å²) in [6, 6.07) is 8.82. The number of aryl methyl sites for hydroxylation is 1. The van der Waals surface area contributed by atoms with Gasteiger partial charge in [0.05, 0.1) is 28.1 Å². The van der Waals surface area contributed by atoms with E-state index < -0.39 is 0 Å². The fraction of sp³-hybridized carbons (Fsp3) is 0.167. The second-order valence-electron chi connectivity index (χ2n) is 5.38. The predicted octanol–water partition coefficient (Wildman–Crippen LogP) is 5.34. The average Bonchev–Trinajstić information content (AvgIpc) is 3.09. The summed E-state index contributed by atoms with van der Waals surface area (Å²) in [4.78, 5) is 20.5. The number of amides is 1. The third-order valence-corrected chi connectivity index (χ3v) is 4.75. The van der Waals surface area contributed by atoms with E-state index in [4.69, 9.17) is 27.6 Å². The highest BCUT2D eigenvalue weighted by Crippen LogP contribution is 2.30. The Labute approximate surface area is 165 Å². The molecule has 1 amide bonds. The molecule has 3 rings (SSSR count). The van der Waals surface area contributed by atoms with Gasteiger partial charge in [0, 0.05) is 23.4 Å². The van der Waals surface area contributed by atoms with E-state index in [0.717, 1.165) is 5.03 Å². The van der Waals surface area contributed by atoms with Gasteiger partial charge in [0.1, 0.15) is 0 Å². The van der Waals surface area contributed by atoms with Crippen molar-refractivity contribution in [3.8, 4) is 11.3 Å². The molecule has 2 aromatic heterocycles. The molecule has 1 aromatic carbocycles. The molecule has 0 aliphatic carbocycles. The van der Waals surface area contributed by atoms with Gasteiger partial charge in [-0.15, -0.1) is 11.8 Å². The number of carbonyl (C=O) groups is 1. The van der Waals surface area contributed by atoms with Crippen LogP contribution in [-0.2, 0) is 11.2 Å². The standard InChI is InChI=1S/C18H15Cl2N3O2S/c1-26-18-7-3-12(9-22-18)23-16(24)5-6-17-21-10-15(25-17)13-4-2-11(19)8-14(13)20/h2-4,7-10H,5-6H2,1H3,(H,23,24). The topological polar surface area (TPSA) is 68.0 Å². The molecule has 0 spiro atoms. The molecule has 0 radical (unpaired) electrons. The van der Waals surface area contributed by atoms with Gasteiger partial charge in [0.15, 0.2) is 11.7 Å². The summed E-state index contributed by atoms with van der Waals surface area (Å²) in [6.07, 6.45) is 5.80. The van der Waals surface area contributed by atoms with Crippen molar-refractivity contribution in [3.63, 3.8) is 0 Å². The number of nitrogens with one attached hydrogen (secondary N) is 1. The fourth-order valence-electron chi connectivity index (χ4n) is 2.26. The number of benzene rings is 1. The minimum atomic E-state index is -0.132. The maximum Gasteiger partial charge on any atom is 0.224 e. The van der Waals surface area contributed by atoms with Crippen LogP contribution in [0.3, 0.4) is 0 Å². The summed E-state index contributed by atoms with van der Waals surface area (Å²) in [5.41, 5.74) is 1.37. The maximum atomic E-state index is 12.1. The fourth-order valence-corrected chi connectivity index (χ4v) is 3.12. The Morgan fingerprint density at radius 1 is 1.19 bits per heavy atom. The number of thioether (sulfide) groups is 1. The van der Waals surface area contributed by atoms with Gasteiger partial charge in [0.25, 0.3) is 0 Å². The number of hydrogen-bond acceptors (Lipinski definition) is 5. The monoisotopic (exact) mass is 407 g/mol. The van der Waals surface area contributed by atoms with Crippen molar-refractivity contribution in [2.24, 2.45) is 0 Å². The quantitative estimate of drug-likeness (QED) is 0.558. The average molecular weight is 408 g/mol. The zero-order chi connectivity index (χ0) is 18.5. The first-order chi connectivity index (χ1) is 12.5. The lowest BCUT2D eigenvalue weighted by Gasteiger charge is -2.04. The normalized spacial score (nSPS) is 10.7. The number of pyridine rings is 1. The highest BCUT2D eigenvalue weighted by Gasteiger charge is 2.12. The molecular weight excluding hydrogens is 393 g/mol. The SMILES string of the molecule is CSc1ccc(NC(=O)CCc2ncc(-c3ccc(Cl)cc3Cl)o2)cn1. The third-order valence-electron chi connectivity index (χ3n) is 3.55. The molecule has 0 fully saturated rings. The van der Waals surface area contributed by atoms with E-state index in [-0.39, 0.29) is 12.3 Å². The van der Waals surface area contributed by atoms with Crippen molar-refractivity contribution in [2.45, 2.75) is 17.9 Å². The number of anilines is 1. The molecule has 0 saturated heterocycles. The van der Waals surface area contributed by atoms with E-state index >= 15 is 0 Å². The van der Waals surface area contributed by atoms with Crippen molar-refractivity contribution in [2.75, 3.05) is 11.6 Å². The number of oxazole rings is 1. The summed E-state index contributed by atoms with van der Waals surface area (Å²) in [6.45, 7) is 0. The molecule has 26 heavy (non-hydrogen) atoms. The van der Waals surface area contributed by atoms with Crippen molar-refractivity contribution in [1.29, 1.82) is 0 Å². The number of carbonyl (C=O) groups excluding carboxylic acids is 1. The number of rotatable bonds is 6. The molecule has 0 saturated carbocycles. The van der Waals surface area contributed by atoms with E-state index in [2.05, 4.69) is 15.3 Å². The van der Waals surface area contributed by atoms with Crippen LogP contribution < -0.4 is 5.32 Å². The minimum Gasteiger partial charge on any atom is -0.441 e. The second-order valence-corrected chi connectivity index (χ2v) is 7.05. The number of halogens is 2. The lowest BCUT2D eigenvalue weighted by atomic mass is 10.2. The smallest absolute Gasteiger partial charge is 0.224 e. The van der Waals surface area contributed by atoms with Gasteiger partial charge in [-0.1, -0.05) is 23.2 Å². The van der Waals surface area contributed by atoms with Crippen LogP contribution in [0, 0.1) is 0 Å². The first-order valence-electron chi connectivity index (χ1n) is 7.75. The zero-order valence-electron chi connectivity index (χ0n) is 13.8. The van der Waals surface area contributed by atoms with Gasteiger partial charge in [-0.25, -0.2) is 9.97 Å². The van der Waals surface area contributed by atoms with E-state index in [9.17, 15) is 4.79 Å². The highest BCUT2D eigenvalue weighted by atomic mass is 35.5. The molecule has 0 bridgehead atoms. The maximum absolute atomic E-state index is 12.1. The molecular formula is C18H15Cl2N3O2S. The largest absolute Gasteiger partial charge is 0.441 e. The molecule has 5 nitrogen and oxygen atoms in total. The first kappa shape index (κ1) is 18.8. The van der Waals surface area contributed by atoms with Crippen LogP contribution in [0.1, 0.15) is 12.3 Å². The Morgan fingerprint density at radius 2 is 2.04 bits per heavy atom. The Balaban J connectivity index is 1.58. The van der Waals surface area contributed by atoms with Gasteiger partial charge in [-0.3, -0.25) is 4.79 Å². The van der Waals surface area contributed by atoms with Crippen molar-refractivity contribution >= 4 is 46.6 Å². The van der Waals surface area contributed by atoms with Crippen LogP contribution in [0.2, 0.25) is 10.0 Å². The number of aromatic nitrogens is 2. The van der Waals surface area contributed by atoms with E-state index in [1.165, 1.54) is 0 Å². The van der Waals surface area contributed by atoms with Crippen LogP contribution in [0.4, 0.5) is 5.69 Å². The first-order valence-corrected chi connectivity index (χ1v) is 9.73. The molecule has 3 aromatic rings. The highest BCUT2D eigenvalue weighted by molar-refractivity contribution is 7.98. The molecule has 0 aliphatic heterocycles. The third kappa shape index (κ3) is 4.78. The van der Waals surface area contributed by atoms with Gasteiger partial charge >= 0.3 is 0 Å². The molecule has 0 atom stereocenters. The minimum absolute atomic E-state index is 0.132. The van der Waals surface area contributed by atoms with Gasteiger partial charge in [-0.05, 0) is 36.6 Å². The van der Waals surface area contributed by atoms with Crippen LogP contribution in [0.15, 0.2) is 52.2 Å². The van der Waals surface area contributed by atoms with E-state index in [1.54, 1.807) is 42.4 Å². The molecule has 0 unspecified atom stereocenters. The van der Waals surface area contributed by atoms with Crippen LogP contribution in [0.25, 0.3) is 11.3 Å².